The zero-order valence-electron chi connectivity index (χ0n) is 16.7. The number of carbonyl (C=O) groups is 1. The summed E-state index contributed by atoms with van der Waals surface area (Å²) in [4.78, 5) is 36.2. The summed E-state index contributed by atoms with van der Waals surface area (Å²) in [5, 5.41) is 14.9. The van der Waals surface area contributed by atoms with E-state index in [1.54, 1.807) is 17.6 Å². The van der Waals surface area contributed by atoms with Crippen LogP contribution in [0.25, 0.3) is 0 Å². The van der Waals surface area contributed by atoms with Gasteiger partial charge in [-0.1, -0.05) is 0 Å². The SMILES string of the molecule is COc1c(N)ncnc1Nc1cc(C)c2n(c1=O)C1(CCN(CC#N)CC1)NC2=O. The number of fused-ring (bicyclic) bond motifs is 2. The lowest BCUT2D eigenvalue weighted by Crippen LogP contribution is -2.54. The fraction of sp³-hybridized carbons (Fsp3) is 0.421. The van der Waals surface area contributed by atoms with Crippen molar-refractivity contribution in [2.24, 2.45) is 0 Å². The van der Waals surface area contributed by atoms with Crippen molar-refractivity contribution < 1.29 is 9.53 Å². The van der Waals surface area contributed by atoms with Crippen LogP contribution in [0.15, 0.2) is 17.2 Å². The number of carbonyl (C=O) groups excluding carboxylic acids is 1. The van der Waals surface area contributed by atoms with Crippen molar-refractivity contribution >= 4 is 23.2 Å². The van der Waals surface area contributed by atoms with Gasteiger partial charge in [-0.2, -0.15) is 5.26 Å². The van der Waals surface area contributed by atoms with Gasteiger partial charge >= 0.3 is 0 Å². The van der Waals surface area contributed by atoms with Crippen molar-refractivity contribution in [3.05, 3.63) is 34.0 Å². The number of anilines is 3. The van der Waals surface area contributed by atoms with E-state index in [1.165, 1.54) is 13.4 Å². The number of hydrogen-bond donors (Lipinski definition) is 3. The summed E-state index contributed by atoms with van der Waals surface area (Å²) in [6.45, 7) is 3.31. The van der Waals surface area contributed by atoms with Crippen LogP contribution >= 0.6 is 0 Å². The second kappa shape index (κ2) is 7.31. The topological polar surface area (TPSA) is 151 Å². The first-order chi connectivity index (χ1) is 14.4. The Morgan fingerprint density at radius 3 is 2.77 bits per heavy atom. The average molecular weight is 410 g/mol. The van der Waals surface area contributed by atoms with Gasteiger partial charge in [0.15, 0.2) is 11.6 Å². The van der Waals surface area contributed by atoms with Crippen molar-refractivity contribution in [3.8, 4) is 11.8 Å². The zero-order chi connectivity index (χ0) is 21.5. The standard InChI is InChI=1S/C19H22N8O3/c1-11-9-12(24-16-14(30-2)15(21)22-10-23-16)18(29)27-13(11)17(28)25-19(27)3-6-26(7-4-19)8-5-20/h9-10H,3-4,6-8H2,1-2H3,(H,25,28)(H3,21,22,23,24). The highest BCUT2D eigenvalue weighted by Gasteiger charge is 2.46. The lowest BCUT2D eigenvalue weighted by atomic mass is 9.96. The number of nitrogen functional groups attached to an aromatic ring is 1. The number of aryl methyl sites for hydroxylation is 1. The maximum absolute atomic E-state index is 13.5. The number of nitrogens with zero attached hydrogens (tertiary/aromatic N) is 5. The minimum Gasteiger partial charge on any atom is -0.490 e. The molecule has 4 rings (SSSR count). The largest absolute Gasteiger partial charge is 0.490 e. The monoisotopic (exact) mass is 410 g/mol. The number of likely N-dealkylation sites (tertiary alicyclic amines) is 1. The molecule has 0 radical (unpaired) electrons. The molecule has 2 aliphatic rings. The summed E-state index contributed by atoms with van der Waals surface area (Å²) in [6, 6.07) is 3.76. The van der Waals surface area contributed by atoms with Gasteiger partial charge in [0, 0.05) is 25.9 Å². The summed E-state index contributed by atoms with van der Waals surface area (Å²) in [6.07, 6.45) is 2.33. The van der Waals surface area contributed by atoms with E-state index in [1.807, 2.05) is 4.90 Å². The van der Waals surface area contributed by atoms with Gasteiger partial charge in [0.2, 0.25) is 5.75 Å². The van der Waals surface area contributed by atoms with E-state index in [0.29, 0.717) is 43.7 Å². The normalized spacial score (nSPS) is 17.3. The molecule has 0 bridgehead atoms. The van der Waals surface area contributed by atoms with Gasteiger partial charge in [0.05, 0.1) is 19.7 Å². The molecule has 0 atom stereocenters. The molecule has 0 unspecified atom stereocenters. The van der Waals surface area contributed by atoms with Crippen LogP contribution < -0.4 is 26.7 Å². The molecule has 4 heterocycles. The molecule has 0 aliphatic carbocycles. The van der Waals surface area contributed by atoms with E-state index in [4.69, 9.17) is 15.7 Å². The number of rotatable bonds is 4. The number of nitriles is 1. The van der Waals surface area contributed by atoms with Crippen molar-refractivity contribution in [3.63, 3.8) is 0 Å². The molecule has 4 N–H and O–H groups in total. The Morgan fingerprint density at radius 1 is 1.37 bits per heavy atom. The molecule has 1 fully saturated rings. The number of methoxy groups -OCH3 is 1. The van der Waals surface area contributed by atoms with Crippen LogP contribution in [-0.2, 0) is 5.66 Å². The van der Waals surface area contributed by atoms with Gasteiger partial charge in [-0.25, -0.2) is 9.97 Å². The van der Waals surface area contributed by atoms with Crippen LogP contribution in [0.2, 0.25) is 0 Å². The number of piperidine rings is 1. The first-order valence-corrected chi connectivity index (χ1v) is 9.50. The molecule has 1 spiro atoms. The second-order valence-electron chi connectivity index (χ2n) is 7.42. The number of pyridine rings is 1. The average Bonchev–Trinajstić information content (AvgIpc) is 3.00. The summed E-state index contributed by atoms with van der Waals surface area (Å²) < 4.78 is 6.80. The smallest absolute Gasteiger partial charge is 0.276 e. The highest BCUT2D eigenvalue weighted by molar-refractivity contribution is 5.97. The van der Waals surface area contributed by atoms with E-state index in [9.17, 15) is 9.59 Å². The van der Waals surface area contributed by atoms with Crippen LogP contribution in [0.1, 0.15) is 28.9 Å². The number of nitrogens with one attached hydrogen (secondary N) is 2. The van der Waals surface area contributed by atoms with Crippen LogP contribution in [-0.4, -0.2) is 52.1 Å². The molecule has 2 aliphatic heterocycles. The maximum Gasteiger partial charge on any atom is 0.276 e. The fourth-order valence-electron chi connectivity index (χ4n) is 4.18. The number of hydrogen-bond acceptors (Lipinski definition) is 9. The second-order valence-corrected chi connectivity index (χ2v) is 7.42. The summed E-state index contributed by atoms with van der Waals surface area (Å²) in [5.74, 6) is 0.367. The first kappa shape index (κ1) is 19.7. The molecule has 1 saturated heterocycles. The molecule has 156 valence electrons. The van der Waals surface area contributed by atoms with E-state index < -0.39 is 5.66 Å². The molecule has 2 aromatic heterocycles. The van der Waals surface area contributed by atoms with Crippen LogP contribution in [0.4, 0.5) is 17.3 Å². The predicted octanol–water partition coefficient (Wildman–Crippen LogP) is 0.297. The van der Waals surface area contributed by atoms with Crippen LogP contribution in [0.3, 0.4) is 0 Å². The molecule has 0 aromatic carbocycles. The van der Waals surface area contributed by atoms with Gasteiger partial charge in [-0.15, -0.1) is 0 Å². The quantitative estimate of drug-likeness (QED) is 0.604. The minimum absolute atomic E-state index is 0.145. The molecular weight excluding hydrogens is 388 g/mol. The Labute approximate surface area is 172 Å². The van der Waals surface area contributed by atoms with Crippen molar-refractivity contribution in [1.82, 2.24) is 24.8 Å². The van der Waals surface area contributed by atoms with Crippen molar-refractivity contribution in [2.45, 2.75) is 25.4 Å². The zero-order valence-corrected chi connectivity index (χ0v) is 16.7. The fourth-order valence-corrected chi connectivity index (χ4v) is 4.18. The molecule has 2 aromatic rings. The van der Waals surface area contributed by atoms with E-state index in [-0.39, 0.29) is 34.5 Å². The lowest BCUT2D eigenvalue weighted by molar-refractivity contribution is 0.0777. The molecular formula is C19H22N8O3. The third-order valence-electron chi connectivity index (χ3n) is 5.65. The lowest BCUT2D eigenvalue weighted by Gasteiger charge is -2.39. The first-order valence-electron chi connectivity index (χ1n) is 9.50. The van der Waals surface area contributed by atoms with Gasteiger partial charge in [0.25, 0.3) is 11.5 Å². The van der Waals surface area contributed by atoms with Gasteiger partial charge < -0.3 is 21.1 Å². The van der Waals surface area contributed by atoms with Crippen molar-refractivity contribution in [1.29, 1.82) is 5.26 Å². The molecule has 30 heavy (non-hydrogen) atoms. The van der Waals surface area contributed by atoms with Gasteiger partial charge in [-0.3, -0.25) is 19.1 Å². The van der Waals surface area contributed by atoms with Crippen LogP contribution in [0, 0.1) is 18.3 Å². The molecule has 0 saturated carbocycles. The molecule has 1 amide bonds. The number of aromatic nitrogens is 3. The highest BCUT2D eigenvalue weighted by Crippen LogP contribution is 2.35. The summed E-state index contributed by atoms with van der Waals surface area (Å²) >= 11 is 0. The van der Waals surface area contributed by atoms with E-state index >= 15 is 0 Å². The third-order valence-corrected chi connectivity index (χ3v) is 5.65. The summed E-state index contributed by atoms with van der Waals surface area (Å²) in [7, 11) is 1.44. The van der Waals surface area contributed by atoms with E-state index in [2.05, 4.69) is 26.7 Å². The maximum atomic E-state index is 13.5. The summed E-state index contributed by atoms with van der Waals surface area (Å²) in [5.41, 5.74) is 5.94. The van der Waals surface area contributed by atoms with Crippen molar-refractivity contribution in [2.75, 3.05) is 37.8 Å². The molecule has 11 heteroatoms. The Kier molecular flexibility index (Phi) is 4.79. The Bertz CT molecular complexity index is 1110. The molecule has 11 nitrogen and oxygen atoms in total. The van der Waals surface area contributed by atoms with Gasteiger partial charge in [0.1, 0.15) is 23.4 Å². The highest BCUT2D eigenvalue weighted by atomic mass is 16.5. The third kappa shape index (κ3) is 3.02. The van der Waals surface area contributed by atoms with Crippen LogP contribution in [0.5, 0.6) is 5.75 Å². The predicted molar refractivity (Wildman–Crippen MR) is 108 cm³/mol. The van der Waals surface area contributed by atoms with Gasteiger partial charge in [-0.05, 0) is 18.6 Å². The Balaban J connectivity index is 1.77. The van der Waals surface area contributed by atoms with E-state index in [0.717, 1.165) is 0 Å². The Morgan fingerprint density at radius 2 is 2.10 bits per heavy atom. The number of amides is 1. The number of ether oxygens (including phenoxy) is 1. The number of nitrogens with two attached hydrogens (primary N) is 1. The Hall–Kier alpha value is -3.65. The minimum atomic E-state index is -0.813.